The normalized spacial score (nSPS) is 10.2. The number of amides is 2. The van der Waals surface area contributed by atoms with Crippen molar-refractivity contribution in [2.24, 2.45) is 0 Å². The molecule has 0 fully saturated rings. The second-order valence-corrected chi connectivity index (χ2v) is 6.66. The summed E-state index contributed by atoms with van der Waals surface area (Å²) in [6.07, 6.45) is 0. The molecule has 0 aliphatic carbocycles. The monoisotopic (exact) mass is 414 g/mol. The van der Waals surface area contributed by atoms with E-state index >= 15 is 0 Å². The topological polar surface area (TPSA) is 67.4 Å². The molecule has 0 saturated carbocycles. The number of carbonyl (C=O) groups is 2. The molecule has 0 spiro atoms. The van der Waals surface area contributed by atoms with Gasteiger partial charge in [-0.15, -0.1) is 0 Å². The fraction of sp³-hybridized carbons (Fsp3) is 0.0476. The predicted molar refractivity (Wildman–Crippen MR) is 111 cm³/mol. The van der Waals surface area contributed by atoms with E-state index in [4.69, 9.17) is 27.9 Å². The summed E-state index contributed by atoms with van der Waals surface area (Å²) in [5, 5.41) is 6.39. The predicted octanol–water partition coefficient (Wildman–Crippen LogP) is 5.26. The summed E-state index contributed by atoms with van der Waals surface area (Å²) < 4.78 is 5.41. The van der Waals surface area contributed by atoms with E-state index in [9.17, 15) is 9.59 Å². The molecule has 3 aromatic carbocycles. The van der Waals surface area contributed by atoms with Crippen molar-refractivity contribution in [2.75, 3.05) is 17.2 Å². The van der Waals surface area contributed by atoms with Crippen molar-refractivity contribution in [3.63, 3.8) is 0 Å². The van der Waals surface area contributed by atoms with Gasteiger partial charge in [-0.1, -0.05) is 47.5 Å². The third-order valence-electron chi connectivity index (χ3n) is 3.69. The lowest BCUT2D eigenvalue weighted by Crippen LogP contribution is -2.20. The fourth-order valence-electron chi connectivity index (χ4n) is 2.41. The average Bonchev–Trinajstić information content (AvgIpc) is 2.67. The number of para-hydroxylation sites is 1. The molecule has 0 aliphatic rings. The van der Waals surface area contributed by atoms with Crippen LogP contribution < -0.4 is 15.4 Å². The lowest BCUT2D eigenvalue weighted by molar-refractivity contribution is -0.118. The molecule has 0 bridgehead atoms. The van der Waals surface area contributed by atoms with Crippen molar-refractivity contribution >= 4 is 46.4 Å². The smallest absolute Gasteiger partial charge is 0.262 e. The Kier molecular flexibility index (Phi) is 6.53. The molecule has 3 aromatic rings. The highest BCUT2D eigenvalue weighted by Crippen LogP contribution is 2.23. The summed E-state index contributed by atoms with van der Waals surface area (Å²) in [5.74, 6) is -0.215. The van der Waals surface area contributed by atoms with Gasteiger partial charge in [0.1, 0.15) is 5.75 Å². The molecule has 0 radical (unpaired) electrons. The summed E-state index contributed by atoms with van der Waals surface area (Å²) >= 11 is 11.9. The molecule has 0 atom stereocenters. The summed E-state index contributed by atoms with van der Waals surface area (Å²) in [5.41, 5.74) is 1.50. The Balaban J connectivity index is 1.59. The third-order valence-corrected chi connectivity index (χ3v) is 4.23. The molecule has 2 amide bonds. The summed E-state index contributed by atoms with van der Waals surface area (Å²) in [4.78, 5) is 24.4. The van der Waals surface area contributed by atoms with Crippen molar-refractivity contribution in [3.8, 4) is 5.75 Å². The number of nitrogens with one attached hydrogen (secondary N) is 2. The SMILES string of the molecule is O=C(COc1ccccc1Cl)Nc1cccc(NC(=O)c2cccc(Cl)c2)c1. The van der Waals surface area contributed by atoms with Crippen molar-refractivity contribution < 1.29 is 14.3 Å². The van der Waals surface area contributed by atoms with Gasteiger partial charge >= 0.3 is 0 Å². The Labute approximate surface area is 172 Å². The summed E-state index contributed by atoms with van der Waals surface area (Å²) in [7, 11) is 0. The van der Waals surface area contributed by atoms with Crippen LogP contribution in [0.3, 0.4) is 0 Å². The van der Waals surface area contributed by atoms with Crippen LogP contribution in [0, 0.1) is 0 Å². The number of halogens is 2. The van der Waals surface area contributed by atoms with Crippen LogP contribution in [0.15, 0.2) is 72.8 Å². The maximum absolute atomic E-state index is 12.3. The molecule has 5 nitrogen and oxygen atoms in total. The molecule has 0 heterocycles. The molecule has 28 heavy (non-hydrogen) atoms. The van der Waals surface area contributed by atoms with Crippen molar-refractivity contribution in [1.82, 2.24) is 0 Å². The van der Waals surface area contributed by atoms with Crippen LogP contribution in [0.25, 0.3) is 0 Å². The Morgan fingerprint density at radius 2 is 1.54 bits per heavy atom. The zero-order valence-electron chi connectivity index (χ0n) is 14.6. The maximum Gasteiger partial charge on any atom is 0.262 e. The second-order valence-electron chi connectivity index (χ2n) is 5.81. The number of anilines is 2. The van der Waals surface area contributed by atoms with E-state index in [-0.39, 0.29) is 18.4 Å². The molecular formula is C21H16Cl2N2O3. The minimum absolute atomic E-state index is 0.192. The Hall–Kier alpha value is -3.02. The van der Waals surface area contributed by atoms with Crippen LogP contribution >= 0.6 is 23.2 Å². The Morgan fingerprint density at radius 1 is 0.821 bits per heavy atom. The molecular weight excluding hydrogens is 399 g/mol. The van der Waals surface area contributed by atoms with Crippen LogP contribution in [0.2, 0.25) is 10.0 Å². The van der Waals surface area contributed by atoms with Crippen molar-refractivity contribution in [2.45, 2.75) is 0 Å². The molecule has 0 saturated heterocycles. The molecule has 0 unspecified atom stereocenters. The number of benzene rings is 3. The number of ether oxygens (including phenoxy) is 1. The number of carbonyl (C=O) groups excluding carboxylic acids is 2. The Morgan fingerprint density at radius 3 is 2.29 bits per heavy atom. The van der Waals surface area contributed by atoms with Gasteiger partial charge in [0.25, 0.3) is 11.8 Å². The first kappa shape index (κ1) is 19.7. The molecule has 0 aliphatic heterocycles. The van der Waals surface area contributed by atoms with E-state index in [0.29, 0.717) is 32.7 Å². The van der Waals surface area contributed by atoms with Gasteiger partial charge in [0, 0.05) is 22.0 Å². The first-order chi connectivity index (χ1) is 13.5. The minimum Gasteiger partial charge on any atom is -0.482 e. The second kappa shape index (κ2) is 9.26. The largest absolute Gasteiger partial charge is 0.482 e. The van der Waals surface area contributed by atoms with Gasteiger partial charge in [0.05, 0.1) is 5.02 Å². The van der Waals surface area contributed by atoms with Gasteiger partial charge in [0.2, 0.25) is 0 Å². The molecule has 2 N–H and O–H groups in total. The van der Waals surface area contributed by atoms with Crippen LogP contribution in [-0.4, -0.2) is 18.4 Å². The maximum atomic E-state index is 12.3. The first-order valence-corrected chi connectivity index (χ1v) is 9.11. The van der Waals surface area contributed by atoms with E-state index in [0.717, 1.165) is 0 Å². The highest BCUT2D eigenvalue weighted by atomic mass is 35.5. The Bertz CT molecular complexity index is 1010. The summed E-state index contributed by atoms with van der Waals surface area (Å²) in [6.45, 7) is -0.192. The average molecular weight is 415 g/mol. The van der Waals surface area contributed by atoms with E-state index in [2.05, 4.69) is 10.6 Å². The minimum atomic E-state index is -0.349. The highest BCUT2D eigenvalue weighted by Gasteiger charge is 2.09. The molecule has 3 rings (SSSR count). The number of hydrogen-bond acceptors (Lipinski definition) is 3. The molecule has 0 aromatic heterocycles. The summed E-state index contributed by atoms with van der Waals surface area (Å²) in [6, 6.07) is 20.3. The fourth-order valence-corrected chi connectivity index (χ4v) is 2.79. The zero-order valence-corrected chi connectivity index (χ0v) is 16.1. The quantitative estimate of drug-likeness (QED) is 0.577. The lowest BCUT2D eigenvalue weighted by atomic mass is 10.2. The standard InChI is InChI=1S/C21H16Cl2N2O3/c22-15-6-3-5-14(11-15)21(27)25-17-8-4-7-16(12-17)24-20(26)13-28-19-10-2-1-9-18(19)23/h1-12H,13H2,(H,24,26)(H,25,27). The zero-order chi connectivity index (χ0) is 19.9. The molecule has 142 valence electrons. The van der Waals surface area contributed by atoms with Gasteiger partial charge in [0.15, 0.2) is 6.61 Å². The third kappa shape index (κ3) is 5.49. The van der Waals surface area contributed by atoms with Gasteiger partial charge < -0.3 is 15.4 Å². The number of rotatable bonds is 6. The first-order valence-electron chi connectivity index (χ1n) is 8.35. The van der Waals surface area contributed by atoms with E-state index in [1.807, 2.05) is 0 Å². The van der Waals surface area contributed by atoms with Crippen LogP contribution in [-0.2, 0) is 4.79 Å². The van der Waals surface area contributed by atoms with Gasteiger partial charge in [-0.25, -0.2) is 0 Å². The van der Waals surface area contributed by atoms with Crippen molar-refractivity contribution in [1.29, 1.82) is 0 Å². The van der Waals surface area contributed by atoms with Crippen LogP contribution in [0.1, 0.15) is 10.4 Å². The van der Waals surface area contributed by atoms with Crippen molar-refractivity contribution in [3.05, 3.63) is 88.4 Å². The van der Waals surface area contributed by atoms with Crippen LogP contribution in [0.4, 0.5) is 11.4 Å². The van der Waals surface area contributed by atoms with Crippen LogP contribution in [0.5, 0.6) is 5.75 Å². The number of hydrogen-bond donors (Lipinski definition) is 2. The van der Waals surface area contributed by atoms with Gasteiger partial charge in [-0.3, -0.25) is 9.59 Å². The van der Waals surface area contributed by atoms with Gasteiger partial charge in [-0.05, 0) is 48.5 Å². The van der Waals surface area contributed by atoms with E-state index < -0.39 is 0 Å². The van der Waals surface area contributed by atoms with E-state index in [1.54, 1.807) is 72.8 Å². The van der Waals surface area contributed by atoms with Gasteiger partial charge in [-0.2, -0.15) is 0 Å². The lowest BCUT2D eigenvalue weighted by Gasteiger charge is -2.10. The molecule has 7 heteroatoms. The highest BCUT2D eigenvalue weighted by molar-refractivity contribution is 6.32. The van der Waals surface area contributed by atoms with E-state index in [1.165, 1.54) is 0 Å².